The van der Waals surface area contributed by atoms with Gasteiger partial charge in [-0.15, -0.1) is 11.8 Å². The van der Waals surface area contributed by atoms with Gasteiger partial charge in [0.05, 0.1) is 10.7 Å². The molecule has 0 spiro atoms. The zero-order valence-electron chi connectivity index (χ0n) is 10.6. The lowest BCUT2D eigenvalue weighted by atomic mass is 10.4. The van der Waals surface area contributed by atoms with Crippen LogP contribution < -0.4 is 5.56 Å². The van der Waals surface area contributed by atoms with Crippen molar-refractivity contribution in [2.75, 3.05) is 6.26 Å². The van der Waals surface area contributed by atoms with E-state index in [2.05, 4.69) is 20.1 Å². The quantitative estimate of drug-likeness (QED) is 0.741. The molecule has 1 N–H and O–H groups in total. The van der Waals surface area contributed by atoms with Gasteiger partial charge in [-0.25, -0.2) is 9.97 Å². The highest BCUT2D eigenvalue weighted by Crippen LogP contribution is 2.18. The predicted octanol–water partition coefficient (Wildman–Crippen LogP) is 1.83. The molecule has 3 rings (SSSR count). The maximum Gasteiger partial charge on any atom is 0.274 e. The van der Waals surface area contributed by atoms with Crippen LogP contribution in [0, 0.1) is 0 Å². The van der Waals surface area contributed by atoms with E-state index in [1.165, 1.54) is 34.1 Å². The molecule has 0 fully saturated rings. The Hall–Kier alpha value is -1.80. The van der Waals surface area contributed by atoms with E-state index < -0.39 is 0 Å². The van der Waals surface area contributed by atoms with Crippen molar-refractivity contribution in [3.63, 3.8) is 0 Å². The summed E-state index contributed by atoms with van der Waals surface area (Å²) in [5.74, 6) is 0.989. The van der Waals surface area contributed by atoms with Gasteiger partial charge >= 0.3 is 0 Å². The number of fused-ring (bicyclic) bond motifs is 1. The number of hydrogen-bond donors (Lipinski definition) is 1. The smallest absolute Gasteiger partial charge is 0.267 e. The molecule has 102 valence electrons. The van der Waals surface area contributed by atoms with Gasteiger partial charge in [-0.3, -0.25) is 9.89 Å². The molecule has 0 bridgehead atoms. The molecule has 3 aromatic heterocycles. The third-order valence-electron chi connectivity index (χ3n) is 2.56. The summed E-state index contributed by atoms with van der Waals surface area (Å²) in [7, 11) is 0. The van der Waals surface area contributed by atoms with Crippen LogP contribution in [0.5, 0.6) is 0 Å². The van der Waals surface area contributed by atoms with Gasteiger partial charge < -0.3 is 0 Å². The Morgan fingerprint density at radius 3 is 3.00 bits per heavy atom. The van der Waals surface area contributed by atoms with Crippen LogP contribution >= 0.6 is 23.5 Å². The monoisotopic (exact) mass is 305 g/mol. The van der Waals surface area contributed by atoms with E-state index in [-0.39, 0.29) is 5.56 Å². The molecule has 0 unspecified atom stereocenters. The van der Waals surface area contributed by atoms with E-state index in [0.717, 1.165) is 5.03 Å². The van der Waals surface area contributed by atoms with Crippen molar-refractivity contribution < 1.29 is 0 Å². The molecule has 0 radical (unpaired) electrons. The lowest BCUT2D eigenvalue weighted by molar-refractivity contribution is 0.845. The zero-order chi connectivity index (χ0) is 13.9. The maximum atomic E-state index is 12.0. The van der Waals surface area contributed by atoms with Crippen LogP contribution in [-0.2, 0) is 5.75 Å². The first kappa shape index (κ1) is 13.2. The van der Waals surface area contributed by atoms with Crippen LogP contribution in [0.25, 0.3) is 5.78 Å². The Morgan fingerprint density at radius 1 is 1.35 bits per heavy atom. The summed E-state index contributed by atoms with van der Waals surface area (Å²) in [5, 5.41) is 4.46. The largest absolute Gasteiger partial charge is 0.274 e. The van der Waals surface area contributed by atoms with Gasteiger partial charge in [-0.2, -0.15) is 9.50 Å². The second-order valence-electron chi connectivity index (χ2n) is 3.91. The molecular weight excluding hydrogens is 294 g/mol. The van der Waals surface area contributed by atoms with Gasteiger partial charge in [-0.1, -0.05) is 17.8 Å². The van der Waals surface area contributed by atoms with Crippen LogP contribution in [-0.4, -0.2) is 30.8 Å². The van der Waals surface area contributed by atoms with Gasteiger partial charge in [0.25, 0.3) is 11.3 Å². The van der Waals surface area contributed by atoms with Crippen LogP contribution in [0.2, 0.25) is 0 Å². The van der Waals surface area contributed by atoms with Crippen molar-refractivity contribution in [3.8, 4) is 0 Å². The van der Waals surface area contributed by atoms with Crippen molar-refractivity contribution in [2.24, 2.45) is 0 Å². The first-order chi connectivity index (χ1) is 9.76. The molecule has 0 saturated heterocycles. The van der Waals surface area contributed by atoms with Gasteiger partial charge in [0.2, 0.25) is 0 Å². The average Bonchev–Trinajstić information content (AvgIpc) is 2.90. The SMILES string of the molecule is CSc1nc2nc(CSc3ccccn3)cc(=O)n2[nH]1. The Kier molecular flexibility index (Phi) is 3.75. The Bertz CT molecular complexity index is 783. The molecule has 0 aliphatic heterocycles. The Labute approximate surface area is 123 Å². The fraction of sp³-hybridized carbons (Fsp3) is 0.167. The number of nitrogens with zero attached hydrogens (tertiary/aromatic N) is 4. The van der Waals surface area contributed by atoms with Crippen molar-refractivity contribution in [3.05, 3.63) is 46.5 Å². The topological polar surface area (TPSA) is 75.9 Å². The fourth-order valence-corrected chi connectivity index (χ4v) is 2.76. The van der Waals surface area contributed by atoms with Gasteiger partial charge in [0.1, 0.15) is 0 Å². The lowest BCUT2D eigenvalue weighted by Crippen LogP contribution is -2.15. The second-order valence-corrected chi connectivity index (χ2v) is 5.70. The number of pyridine rings is 1. The van der Waals surface area contributed by atoms with E-state index in [9.17, 15) is 4.79 Å². The third-order valence-corrected chi connectivity index (χ3v) is 4.11. The molecule has 8 heteroatoms. The summed E-state index contributed by atoms with van der Waals surface area (Å²) in [6.07, 6.45) is 3.63. The van der Waals surface area contributed by atoms with Crippen LogP contribution in [0.1, 0.15) is 5.69 Å². The molecule has 0 saturated carbocycles. The maximum absolute atomic E-state index is 12.0. The van der Waals surface area contributed by atoms with E-state index >= 15 is 0 Å². The van der Waals surface area contributed by atoms with E-state index in [1.54, 1.807) is 6.20 Å². The standard InChI is InChI=1S/C12H11N5OS2/c1-19-12-15-11-14-8(6-10(18)17(11)16-12)7-20-9-4-2-3-5-13-9/h2-6H,7H2,1H3,(H,14,15,16). The van der Waals surface area contributed by atoms with Gasteiger partial charge in [0, 0.05) is 18.0 Å². The molecular formula is C12H11N5OS2. The summed E-state index contributed by atoms with van der Waals surface area (Å²) in [5.41, 5.74) is 0.546. The number of aromatic nitrogens is 5. The normalized spacial score (nSPS) is 11.1. The first-order valence-electron chi connectivity index (χ1n) is 5.83. The van der Waals surface area contributed by atoms with Crippen molar-refractivity contribution in [1.29, 1.82) is 0 Å². The van der Waals surface area contributed by atoms with Crippen molar-refractivity contribution in [1.82, 2.24) is 24.6 Å². The number of aromatic amines is 1. The minimum atomic E-state index is -0.153. The highest BCUT2D eigenvalue weighted by molar-refractivity contribution is 7.98. The molecule has 6 nitrogen and oxygen atoms in total. The van der Waals surface area contributed by atoms with E-state index in [4.69, 9.17) is 0 Å². The number of H-pyrrole nitrogens is 1. The van der Waals surface area contributed by atoms with Crippen LogP contribution in [0.15, 0.2) is 45.4 Å². The van der Waals surface area contributed by atoms with Gasteiger partial charge in [0.15, 0.2) is 5.16 Å². The predicted molar refractivity (Wildman–Crippen MR) is 79.2 cm³/mol. The highest BCUT2D eigenvalue weighted by atomic mass is 32.2. The number of hydrogen-bond acceptors (Lipinski definition) is 6. The number of nitrogens with one attached hydrogen (secondary N) is 1. The lowest BCUT2D eigenvalue weighted by Gasteiger charge is -2.00. The van der Waals surface area contributed by atoms with E-state index in [1.807, 2.05) is 24.5 Å². The summed E-state index contributed by atoms with van der Waals surface area (Å²) in [6, 6.07) is 7.25. The average molecular weight is 305 g/mol. The highest BCUT2D eigenvalue weighted by Gasteiger charge is 2.08. The molecule has 20 heavy (non-hydrogen) atoms. The van der Waals surface area contributed by atoms with Crippen molar-refractivity contribution >= 4 is 29.3 Å². The van der Waals surface area contributed by atoms with E-state index in [0.29, 0.717) is 22.4 Å². The minimum Gasteiger partial charge on any atom is -0.267 e. The first-order valence-corrected chi connectivity index (χ1v) is 8.04. The molecule has 0 aliphatic carbocycles. The summed E-state index contributed by atoms with van der Waals surface area (Å²) < 4.78 is 1.35. The van der Waals surface area contributed by atoms with Crippen LogP contribution in [0.3, 0.4) is 0 Å². The molecule has 0 aromatic carbocycles. The van der Waals surface area contributed by atoms with Gasteiger partial charge in [-0.05, 0) is 18.4 Å². The third kappa shape index (κ3) is 2.70. The second kappa shape index (κ2) is 5.68. The summed E-state index contributed by atoms with van der Waals surface area (Å²) >= 11 is 2.98. The zero-order valence-corrected chi connectivity index (χ0v) is 12.2. The molecule has 0 aliphatic rings. The molecule has 0 atom stereocenters. The Morgan fingerprint density at radius 2 is 2.25 bits per heavy atom. The molecule has 0 amide bonds. The fourth-order valence-electron chi connectivity index (χ4n) is 1.65. The minimum absolute atomic E-state index is 0.153. The van der Waals surface area contributed by atoms with Crippen molar-refractivity contribution in [2.45, 2.75) is 15.9 Å². The number of rotatable bonds is 4. The summed E-state index contributed by atoms with van der Waals surface area (Å²) in [6.45, 7) is 0. The van der Waals surface area contributed by atoms with Crippen LogP contribution in [0.4, 0.5) is 0 Å². The summed E-state index contributed by atoms with van der Waals surface area (Å²) in [4.78, 5) is 24.8. The molecule has 3 heterocycles. The number of thioether (sulfide) groups is 2. The molecule has 3 aromatic rings. The Balaban J connectivity index is 1.87.